The van der Waals surface area contributed by atoms with Gasteiger partial charge in [0.1, 0.15) is 0 Å². The standard InChI is InChI=1S/C3H7NO2.C3H6O2.C2H6O.C2H6S/c1-4-3(5)6-2;1-3(4)5-2;2*1-3-2/h1-2H3,(H,4,5);1-2H3;2*1-2H3. The Morgan fingerprint density at radius 3 is 1.24 bits per heavy atom. The lowest BCUT2D eigenvalue weighted by atomic mass is 10.8. The fraction of sp³-hybridized carbons (Fsp3) is 0.800. The van der Waals surface area contributed by atoms with Crippen molar-refractivity contribution in [2.45, 2.75) is 6.92 Å². The highest BCUT2D eigenvalue weighted by molar-refractivity contribution is 7.97. The molecule has 0 aliphatic carbocycles. The van der Waals surface area contributed by atoms with Crippen LogP contribution in [0.15, 0.2) is 0 Å². The summed E-state index contributed by atoms with van der Waals surface area (Å²) in [5.41, 5.74) is 0. The van der Waals surface area contributed by atoms with Gasteiger partial charge in [-0.3, -0.25) is 4.79 Å². The van der Waals surface area contributed by atoms with E-state index in [4.69, 9.17) is 0 Å². The van der Waals surface area contributed by atoms with E-state index in [2.05, 4.69) is 19.5 Å². The van der Waals surface area contributed by atoms with Gasteiger partial charge >= 0.3 is 12.1 Å². The van der Waals surface area contributed by atoms with Crippen molar-refractivity contribution in [3.8, 4) is 0 Å². The number of ether oxygens (including phenoxy) is 3. The Labute approximate surface area is 108 Å². The molecule has 6 nitrogen and oxygen atoms in total. The van der Waals surface area contributed by atoms with E-state index >= 15 is 0 Å². The van der Waals surface area contributed by atoms with Crippen molar-refractivity contribution in [3.63, 3.8) is 0 Å². The van der Waals surface area contributed by atoms with E-state index in [-0.39, 0.29) is 5.97 Å². The van der Waals surface area contributed by atoms with E-state index in [1.807, 2.05) is 12.5 Å². The van der Waals surface area contributed by atoms with Crippen LogP contribution in [0.4, 0.5) is 4.79 Å². The Bertz CT molecular complexity index is 148. The number of carbonyl (C=O) groups is 2. The molecule has 0 aromatic heterocycles. The average Bonchev–Trinajstić information content (AvgIpc) is 2.30. The zero-order valence-electron chi connectivity index (χ0n) is 11.9. The first kappa shape index (κ1) is 25.0. The van der Waals surface area contributed by atoms with Crippen LogP contribution in [0, 0.1) is 0 Å². The molecule has 0 aliphatic rings. The molecule has 17 heavy (non-hydrogen) atoms. The molecule has 0 heterocycles. The fourth-order valence-electron chi connectivity index (χ4n) is 0.102. The van der Waals surface area contributed by atoms with Crippen LogP contribution in [0.5, 0.6) is 0 Å². The van der Waals surface area contributed by atoms with Crippen LogP contribution in [0.1, 0.15) is 6.92 Å². The summed E-state index contributed by atoms with van der Waals surface area (Å²) in [4.78, 5) is 19.4. The summed E-state index contributed by atoms with van der Waals surface area (Å²) >= 11 is 1.75. The highest BCUT2D eigenvalue weighted by Gasteiger charge is 1.85. The van der Waals surface area contributed by atoms with Gasteiger partial charge in [-0.25, -0.2) is 4.79 Å². The van der Waals surface area contributed by atoms with Crippen LogP contribution in [-0.4, -0.2) is 60.1 Å². The molecule has 0 fully saturated rings. The first-order valence-corrected chi connectivity index (χ1v) is 6.15. The van der Waals surface area contributed by atoms with Crippen molar-refractivity contribution < 1.29 is 23.8 Å². The molecule has 0 rings (SSSR count). The molecule has 0 aliphatic heterocycles. The lowest BCUT2D eigenvalue weighted by Gasteiger charge is -1.90. The molecule has 0 saturated carbocycles. The van der Waals surface area contributed by atoms with Crippen LogP contribution >= 0.6 is 11.8 Å². The molecule has 106 valence electrons. The van der Waals surface area contributed by atoms with Gasteiger partial charge in [0, 0.05) is 28.2 Å². The van der Waals surface area contributed by atoms with Gasteiger partial charge in [0.25, 0.3) is 0 Å². The SMILES string of the molecule is CNC(=O)OC.COC.COC(C)=O.CSC. The Hall–Kier alpha value is -0.950. The molecule has 1 N–H and O–H groups in total. The third kappa shape index (κ3) is 101. The Balaban J connectivity index is -0.0000000698. The monoisotopic (exact) mass is 271 g/mol. The number of methoxy groups -OCH3 is 3. The minimum absolute atomic E-state index is 0.245. The minimum Gasteiger partial charge on any atom is -0.469 e. The molecule has 0 unspecified atom stereocenters. The lowest BCUT2D eigenvalue weighted by molar-refractivity contribution is -0.137. The second-order valence-electron chi connectivity index (χ2n) is 2.25. The Morgan fingerprint density at radius 2 is 1.24 bits per heavy atom. The molecular formula is C10H25NO5S. The number of hydrogen-bond acceptors (Lipinski definition) is 6. The summed E-state index contributed by atoms with van der Waals surface area (Å²) in [5, 5.41) is 2.25. The van der Waals surface area contributed by atoms with Crippen LogP contribution in [0.3, 0.4) is 0 Å². The molecule has 0 aromatic carbocycles. The van der Waals surface area contributed by atoms with Gasteiger partial charge in [-0.1, -0.05) is 0 Å². The third-order valence-electron chi connectivity index (χ3n) is 0.677. The van der Waals surface area contributed by atoms with Gasteiger partial charge in [0.15, 0.2) is 0 Å². The number of alkyl carbamates (subject to hydrolysis) is 1. The number of nitrogens with one attached hydrogen (secondary N) is 1. The summed E-state index contributed by atoms with van der Waals surface area (Å²) < 4.78 is 12.5. The predicted molar refractivity (Wildman–Crippen MR) is 71.5 cm³/mol. The normalized spacial score (nSPS) is 6.59. The van der Waals surface area contributed by atoms with Crippen molar-refractivity contribution in [2.75, 3.05) is 48.0 Å². The van der Waals surface area contributed by atoms with E-state index in [1.54, 1.807) is 26.0 Å². The zero-order chi connectivity index (χ0) is 14.7. The fourth-order valence-corrected chi connectivity index (χ4v) is 0.102. The quantitative estimate of drug-likeness (QED) is 0.671. The maximum Gasteiger partial charge on any atom is 0.406 e. The zero-order valence-corrected chi connectivity index (χ0v) is 12.8. The number of esters is 1. The molecule has 0 aromatic rings. The predicted octanol–water partition coefficient (Wildman–Crippen LogP) is 1.39. The molecule has 7 heteroatoms. The maximum atomic E-state index is 9.85. The Morgan fingerprint density at radius 1 is 1.00 bits per heavy atom. The van der Waals surface area contributed by atoms with Gasteiger partial charge in [-0.05, 0) is 12.5 Å². The second kappa shape index (κ2) is 29.4. The molecule has 0 radical (unpaired) electrons. The van der Waals surface area contributed by atoms with E-state index in [1.165, 1.54) is 28.2 Å². The molecule has 0 bridgehead atoms. The van der Waals surface area contributed by atoms with Crippen LogP contribution < -0.4 is 5.32 Å². The van der Waals surface area contributed by atoms with E-state index < -0.39 is 6.09 Å². The van der Waals surface area contributed by atoms with Gasteiger partial charge in [-0.2, -0.15) is 11.8 Å². The van der Waals surface area contributed by atoms with E-state index in [0.717, 1.165) is 0 Å². The molecule has 0 saturated heterocycles. The molecular weight excluding hydrogens is 246 g/mol. The van der Waals surface area contributed by atoms with Crippen molar-refractivity contribution >= 4 is 23.8 Å². The average molecular weight is 271 g/mol. The first-order chi connectivity index (χ1) is 7.91. The van der Waals surface area contributed by atoms with Gasteiger partial charge < -0.3 is 19.5 Å². The largest absolute Gasteiger partial charge is 0.469 e. The summed E-state index contributed by atoms with van der Waals surface area (Å²) in [6.45, 7) is 1.36. The van der Waals surface area contributed by atoms with Crippen molar-refractivity contribution in [1.29, 1.82) is 0 Å². The summed E-state index contributed by atoms with van der Waals surface area (Å²) in [6.07, 6.45) is 3.68. The number of thioether (sulfide) groups is 1. The summed E-state index contributed by atoms with van der Waals surface area (Å²) in [7, 11) is 7.42. The van der Waals surface area contributed by atoms with Crippen LogP contribution in [0.2, 0.25) is 0 Å². The smallest absolute Gasteiger partial charge is 0.406 e. The number of rotatable bonds is 0. The second-order valence-corrected chi connectivity index (χ2v) is 3.07. The summed E-state index contributed by atoms with van der Waals surface area (Å²) in [6, 6.07) is 0. The van der Waals surface area contributed by atoms with Crippen molar-refractivity contribution in [1.82, 2.24) is 5.32 Å². The first-order valence-electron chi connectivity index (χ1n) is 4.52. The van der Waals surface area contributed by atoms with Gasteiger partial charge in [0.05, 0.1) is 14.2 Å². The van der Waals surface area contributed by atoms with Crippen molar-refractivity contribution in [3.05, 3.63) is 0 Å². The van der Waals surface area contributed by atoms with Crippen molar-refractivity contribution in [2.24, 2.45) is 0 Å². The highest BCUT2D eigenvalue weighted by Crippen LogP contribution is 1.70. The molecule has 0 spiro atoms. The highest BCUT2D eigenvalue weighted by atomic mass is 32.2. The van der Waals surface area contributed by atoms with Gasteiger partial charge in [-0.15, -0.1) is 0 Å². The number of carbonyl (C=O) groups excluding carboxylic acids is 2. The van der Waals surface area contributed by atoms with E-state index in [0.29, 0.717) is 0 Å². The molecule has 0 atom stereocenters. The van der Waals surface area contributed by atoms with Gasteiger partial charge in [0.2, 0.25) is 0 Å². The lowest BCUT2D eigenvalue weighted by Crippen LogP contribution is -2.16. The third-order valence-corrected chi connectivity index (χ3v) is 0.677. The van der Waals surface area contributed by atoms with E-state index in [9.17, 15) is 9.59 Å². The maximum absolute atomic E-state index is 9.85. The summed E-state index contributed by atoms with van der Waals surface area (Å²) in [5.74, 6) is -0.245. The van der Waals surface area contributed by atoms with Crippen LogP contribution in [0.25, 0.3) is 0 Å². The minimum atomic E-state index is -0.407. The topological polar surface area (TPSA) is 73.9 Å². The molecule has 1 amide bonds. The number of amides is 1. The van der Waals surface area contributed by atoms with Crippen LogP contribution in [-0.2, 0) is 19.0 Å². The Kier molecular flexibility index (Phi) is 43.3. The number of hydrogen-bond donors (Lipinski definition) is 1.